The number of imidazole rings is 1. The Labute approximate surface area is 154 Å². The smallest absolute Gasteiger partial charge is 0.226 e. The lowest BCUT2D eigenvalue weighted by molar-refractivity contribution is -0.129. The van der Waals surface area contributed by atoms with E-state index in [1.54, 1.807) is 4.90 Å². The van der Waals surface area contributed by atoms with E-state index in [0.717, 1.165) is 16.9 Å². The molecule has 6 nitrogen and oxygen atoms in total. The molecule has 1 saturated heterocycles. The molecule has 0 spiro atoms. The quantitative estimate of drug-likeness (QED) is 0.835. The fourth-order valence-electron chi connectivity index (χ4n) is 3.51. The summed E-state index contributed by atoms with van der Waals surface area (Å²) in [6.07, 6.45) is 0.295. The monoisotopic (exact) mass is 356 g/mol. The largest absolute Gasteiger partial charge is 0.346 e. The lowest BCUT2D eigenvalue weighted by Crippen LogP contribution is -2.38. The Morgan fingerprint density at radius 1 is 1.31 bits per heavy atom. The zero-order valence-electron chi connectivity index (χ0n) is 16.0. The fraction of sp³-hybridized carbons (Fsp3) is 0.550. The molecule has 3 rings (SSSR count). The normalized spacial score (nSPS) is 18.9. The van der Waals surface area contributed by atoms with Crippen molar-refractivity contribution in [2.24, 2.45) is 17.8 Å². The molecule has 2 N–H and O–H groups in total. The number of aromatic amines is 1. The number of hydrogen-bond donors (Lipinski definition) is 2. The van der Waals surface area contributed by atoms with E-state index in [-0.39, 0.29) is 29.7 Å². The van der Waals surface area contributed by atoms with E-state index in [4.69, 9.17) is 0 Å². The number of fused-ring (bicyclic) bond motifs is 1. The highest BCUT2D eigenvalue weighted by Gasteiger charge is 2.36. The Morgan fingerprint density at radius 3 is 2.69 bits per heavy atom. The lowest BCUT2D eigenvalue weighted by atomic mass is 10.0. The Bertz CT molecular complexity index is 763. The SMILES string of the molecule is CC(C)CN1C[C@H](C(=O)N[C@@H](c2nc3ccccc3[nH]2)C(C)C)CC1=O. The second kappa shape index (κ2) is 7.48. The van der Waals surface area contributed by atoms with Gasteiger partial charge in [0.25, 0.3) is 0 Å². The highest BCUT2D eigenvalue weighted by molar-refractivity contribution is 5.89. The molecule has 0 saturated carbocycles. The first-order valence-electron chi connectivity index (χ1n) is 9.38. The summed E-state index contributed by atoms with van der Waals surface area (Å²) in [7, 11) is 0. The van der Waals surface area contributed by atoms with Gasteiger partial charge in [0.05, 0.1) is 23.0 Å². The number of para-hydroxylation sites is 2. The molecule has 2 amide bonds. The summed E-state index contributed by atoms with van der Waals surface area (Å²) in [5.74, 6) is 1.07. The molecule has 2 aromatic rings. The number of likely N-dealkylation sites (tertiary alicyclic amines) is 1. The van der Waals surface area contributed by atoms with Crippen molar-refractivity contribution >= 4 is 22.8 Å². The molecule has 140 valence electrons. The molecular formula is C20H28N4O2. The second-order valence-electron chi connectivity index (χ2n) is 7.96. The third kappa shape index (κ3) is 3.89. The molecule has 0 radical (unpaired) electrons. The zero-order valence-corrected chi connectivity index (χ0v) is 16.0. The van der Waals surface area contributed by atoms with Crippen molar-refractivity contribution in [2.75, 3.05) is 13.1 Å². The van der Waals surface area contributed by atoms with E-state index in [9.17, 15) is 9.59 Å². The minimum Gasteiger partial charge on any atom is -0.346 e. The predicted molar refractivity (Wildman–Crippen MR) is 101 cm³/mol. The highest BCUT2D eigenvalue weighted by Crippen LogP contribution is 2.25. The van der Waals surface area contributed by atoms with Crippen LogP contribution in [0, 0.1) is 17.8 Å². The van der Waals surface area contributed by atoms with Crippen LogP contribution in [-0.2, 0) is 9.59 Å². The molecule has 1 aliphatic heterocycles. The van der Waals surface area contributed by atoms with Crippen LogP contribution in [0.1, 0.15) is 46.0 Å². The lowest BCUT2D eigenvalue weighted by Gasteiger charge is -2.23. The van der Waals surface area contributed by atoms with Gasteiger partial charge in [0.15, 0.2) is 0 Å². The van der Waals surface area contributed by atoms with Gasteiger partial charge in [0.2, 0.25) is 11.8 Å². The third-order valence-corrected chi connectivity index (χ3v) is 4.84. The zero-order chi connectivity index (χ0) is 18.8. The Kier molecular flexibility index (Phi) is 5.30. The number of nitrogens with one attached hydrogen (secondary N) is 2. The van der Waals surface area contributed by atoms with Gasteiger partial charge in [-0.05, 0) is 24.0 Å². The minimum absolute atomic E-state index is 0.0660. The predicted octanol–water partition coefficient (Wildman–Crippen LogP) is 2.88. The summed E-state index contributed by atoms with van der Waals surface area (Å²) < 4.78 is 0. The molecule has 1 fully saturated rings. The van der Waals surface area contributed by atoms with Gasteiger partial charge in [0.1, 0.15) is 5.82 Å². The van der Waals surface area contributed by atoms with Crippen LogP contribution in [0.25, 0.3) is 11.0 Å². The van der Waals surface area contributed by atoms with Crippen LogP contribution in [0.3, 0.4) is 0 Å². The van der Waals surface area contributed by atoms with Crippen molar-refractivity contribution < 1.29 is 9.59 Å². The number of amides is 2. The van der Waals surface area contributed by atoms with Crippen LogP contribution < -0.4 is 5.32 Å². The van der Waals surface area contributed by atoms with Gasteiger partial charge >= 0.3 is 0 Å². The summed E-state index contributed by atoms with van der Waals surface area (Å²) >= 11 is 0. The molecule has 1 aromatic carbocycles. The van der Waals surface area contributed by atoms with Crippen LogP contribution in [0.2, 0.25) is 0 Å². The van der Waals surface area contributed by atoms with Gasteiger partial charge < -0.3 is 15.2 Å². The molecule has 2 heterocycles. The summed E-state index contributed by atoms with van der Waals surface area (Å²) in [6, 6.07) is 7.63. The van der Waals surface area contributed by atoms with E-state index < -0.39 is 0 Å². The minimum atomic E-state index is -0.285. The highest BCUT2D eigenvalue weighted by atomic mass is 16.2. The molecule has 1 aromatic heterocycles. The van der Waals surface area contributed by atoms with Crippen molar-refractivity contribution in [2.45, 2.75) is 40.2 Å². The number of nitrogens with zero attached hydrogens (tertiary/aromatic N) is 2. The van der Waals surface area contributed by atoms with Crippen molar-refractivity contribution in [3.8, 4) is 0 Å². The number of benzene rings is 1. The van der Waals surface area contributed by atoms with Crippen molar-refractivity contribution in [1.29, 1.82) is 0 Å². The van der Waals surface area contributed by atoms with E-state index in [0.29, 0.717) is 25.4 Å². The molecule has 2 atom stereocenters. The van der Waals surface area contributed by atoms with Crippen molar-refractivity contribution in [1.82, 2.24) is 20.2 Å². The molecule has 6 heteroatoms. The van der Waals surface area contributed by atoms with Crippen LogP contribution >= 0.6 is 0 Å². The van der Waals surface area contributed by atoms with Crippen molar-refractivity contribution in [3.63, 3.8) is 0 Å². The van der Waals surface area contributed by atoms with E-state index >= 15 is 0 Å². The van der Waals surface area contributed by atoms with Gasteiger partial charge in [-0.3, -0.25) is 9.59 Å². The molecule has 0 aliphatic carbocycles. The van der Waals surface area contributed by atoms with Gasteiger partial charge in [0, 0.05) is 19.5 Å². The first-order valence-corrected chi connectivity index (χ1v) is 9.38. The first-order chi connectivity index (χ1) is 12.3. The molecular weight excluding hydrogens is 328 g/mol. The summed E-state index contributed by atoms with van der Waals surface area (Å²) in [4.78, 5) is 34.7. The maximum absolute atomic E-state index is 12.8. The Morgan fingerprint density at radius 2 is 2.04 bits per heavy atom. The number of rotatable bonds is 6. The summed E-state index contributed by atoms with van der Waals surface area (Å²) in [6.45, 7) is 9.49. The van der Waals surface area contributed by atoms with Crippen LogP contribution in [0.5, 0.6) is 0 Å². The maximum Gasteiger partial charge on any atom is 0.226 e. The average Bonchev–Trinajstić information content (AvgIpc) is 3.15. The van der Waals surface area contributed by atoms with Crippen molar-refractivity contribution in [3.05, 3.63) is 30.1 Å². The topological polar surface area (TPSA) is 78.1 Å². The number of carbonyl (C=O) groups excluding carboxylic acids is 2. The number of hydrogen-bond acceptors (Lipinski definition) is 3. The van der Waals surface area contributed by atoms with Crippen LogP contribution in [-0.4, -0.2) is 39.8 Å². The standard InChI is InChI=1S/C20H28N4O2/c1-12(2)10-24-11-14(9-17(24)25)20(26)23-18(13(3)4)19-21-15-7-5-6-8-16(15)22-19/h5-8,12-14,18H,9-11H2,1-4H3,(H,21,22)(H,23,26)/t14-,18-/m1/s1. The number of H-pyrrole nitrogens is 1. The van der Waals surface area contributed by atoms with E-state index in [1.165, 1.54) is 0 Å². The molecule has 1 aliphatic rings. The Hall–Kier alpha value is -2.37. The van der Waals surface area contributed by atoms with Crippen LogP contribution in [0.4, 0.5) is 0 Å². The summed E-state index contributed by atoms with van der Waals surface area (Å²) in [5.41, 5.74) is 1.85. The average molecular weight is 356 g/mol. The summed E-state index contributed by atoms with van der Waals surface area (Å²) in [5, 5.41) is 3.12. The van der Waals surface area contributed by atoms with Gasteiger partial charge in [-0.2, -0.15) is 0 Å². The maximum atomic E-state index is 12.8. The van der Waals surface area contributed by atoms with Gasteiger partial charge in [-0.15, -0.1) is 0 Å². The molecule has 0 bridgehead atoms. The molecule has 26 heavy (non-hydrogen) atoms. The van der Waals surface area contributed by atoms with Gasteiger partial charge in [-0.25, -0.2) is 4.98 Å². The Balaban J connectivity index is 1.72. The van der Waals surface area contributed by atoms with E-state index in [1.807, 2.05) is 24.3 Å². The number of aromatic nitrogens is 2. The third-order valence-electron chi connectivity index (χ3n) is 4.84. The fourth-order valence-corrected chi connectivity index (χ4v) is 3.51. The number of carbonyl (C=O) groups is 2. The second-order valence-corrected chi connectivity index (χ2v) is 7.96. The van der Waals surface area contributed by atoms with Gasteiger partial charge in [-0.1, -0.05) is 39.8 Å². The van der Waals surface area contributed by atoms with Crippen LogP contribution in [0.15, 0.2) is 24.3 Å². The van der Waals surface area contributed by atoms with E-state index in [2.05, 4.69) is 43.0 Å². The molecule has 0 unspecified atom stereocenters. The first kappa shape index (κ1) is 18.4.